The van der Waals surface area contributed by atoms with Crippen LogP contribution < -0.4 is 0 Å². The topological polar surface area (TPSA) is 0 Å². The standard InChI is InChI=1S/2C8H10S/c2*1-2-4-8-7(3-1)5-6-9-8/h2*5-6H,1-4H2. The number of rotatable bonds is 0. The Kier molecular flexibility index (Phi) is 4.16. The summed E-state index contributed by atoms with van der Waals surface area (Å²) in [7, 11) is 0. The molecule has 0 unspecified atom stereocenters. The zero-order chi connectivity index (χ0) is 12.2. The zero-order valence-electron chi connectivity index (χ0n) is 10.8. The number of fused-ring (bicyclic) bond motifs is 2. The molecule has 18 heavy (non-hydrogen) atoms. The van der Waals surface area contributed by atoms with E-state index >= 15 is 0 Å². The van der Waals surface area contributed by atoms with Gasteiger partial charge in [0.15, 0.2) is 0 Å². The van der Waals surface area contributed by atoms with Crippen molar-refractivity contribution in [2.75, 3.05) is 0 Å². The van der Waals surface area contributed by atoms with Crippen molar-refractivity contribution in [2.24, 2.45) is 0 Å². The fraction of sp³-hybridized carbons (Fsp3) is 0.500. The molecule has 2 aliphatic carbocycles. The second kappa shape index (κ2) is 6.03. The Hall–Kier alpha value is -0.600. The van der Waals surface area contributed by atoms with Crippen LogP contribution >= 0.6 is 22.7 Å². The summed E-state index contributed by atoms with van der Waals surface area (Å²) < 4.78 is 0. The number of thiophene rings is 2. The van der Waals surface area contributed by atoms with Gasteiger partial charge in [0.2, 0.25) is 0 Å². The molecular weight excluding hydrogens is 256 g/mol. The van der Waals surface area contributed by atoms with Gasteiger partial charge in [-0.25, -0.2) is 0 Å². The number of hydrogen-bond acceptors (Lipinski definition) is 2. The summed E-state index contributed by atoms with van der Waals surface area (Å²) in [4.78, 5) is 3.28. The average Bonchev–Trinajstić information content (AvgIpc) is 3.08. The molecule has 0 saturated heterocycles. The molecule has 2 aliphatic rings. The lowest BCUT2D eigenvalue weighted by molar-refractivity contribution is 0.697. The molecule has 2 heterocycles. The summed E-state index contributed by atoms with van der Waals surface area (Å²) in [6, 6.07) is 4.55. The first-order valence-electron chi connectivity index (χ1n) is 7.04. The van der Waals surface area contributed by atoms with Crippen LogP contribution in [0.1, 0.15) is 46.6 Å². The van der Waals surface area contributed by atoms with Gasteiger partial charge < -0.3 is 0 Å². The van der Waals surface area contributed by atoms with E-state index in [1.165, 1.54) is 51.4 Å². The fourth-order valence-corrected chi connectivity index (χ4v) is 4.78. The van der Waals surface area contributed by atoms with Gasteiger partial charge in [0.25, 0.3) is 0 Å². The van der Waals surface area contributed by atoms with Crippen LogP contribution in [0.3, 0.4) is 0 Å². The van der Waals surface area contributed by atoms with Crippen molar-refractivity contribution in [2.45, 2.75) is 51.4 Å². The second-order valence-corrected chi connectivity index (χ2v) is 7.15. The number of hydrogen-bond donors (Lipinski definition) is 0. The molecule has 2 aromatic rings. The predicted molar refractivity (Wildman–Crippen MR) is 81.9 cm³/mol. The van der Waals surface area contributed by atoms with Crippen molar-refractivity contribution < 1.29 is 0 Å². The molecule has 0 amide bonds. The van der Waals surface area contributed by atoms with Gasteiger partial charge >= 0.3 is 0 Å². The van der Waals surface area contributed by atoms with Crippen LogP contribution in [-0.2, 0) is 25.7 Å². The predicted octanol–water partition coefficient (Wildman–Crippen LogP) is 5.25. The monoisotopic (exact) mass is 276 g/mol. The molecule has 2 heteroatoms. The molecule has 0 atom stereocenters. The van der Waals surface area contributed by atoms with Crippen LogP contribution in [0.5, 0.6) is 0 Å². The quantitative estimate of drug-likeness (QED) is 0.616. The van der Waals surface area contributed by atoms with Gasteiger partial charge in [-0.1, -0.05) is 0 Å². The van der Waals surface area contributed by atoms with E-state index in [1.54, 1.807) is 20.9 Å². The molecule has 0 aromatic carbocycles. The Morgan fingerprint density at radius 2 is 1.06 bits per heavy atom. The molecule has 0 bridgehead atoms. The van der Waals surface area contributed by atoms with Crippen LogP contribution in [0.25, 0.3) is 0 Å². The minimum absolute atomic E-state index is 1.33. The highest BCUT2D eigenvalue weighted by Crippen LogP contribution is 2.26. The highest BCUT2D eigenvalue weighted by molar-refractivity contribution is 7.10. The highest BCUT2D eigenvalue weighted by Gasteiger charge is 2.09. The van der Waals surface area contributed by atoms with Crippen molar-refractivity contribution in [1.82, 2.24) is 0 Å². The van der Waals surface area contributed by atoms with E-state index in [0.29, 0.717) is 0 Å². The molecule has 0 radical (unpaired) electrons. The third kappa shape index (κ3) is 2.86. The van der Waals surface area contributed by atoms with Gasteiger partial charge in [-0.3, -0.25) is 0 Å². The normalized spacial score (nSPS) is 17.3. The average molecular weight is 276 g/mol. The van der Waals surface area contributed by atoms with E-state index in [4.69, 9.17) is 0 Å². The Morgan fingerprint density at radius 3 is 1.50 bits per heavy atom. The minimum Gasteiger partial charge on any atom is -0.149 e. The van der Waals surface area contributed by atoms with Crippen LogP contribution in [0.15, 0.2) is 22.9 Å². The van der Waals surface area contributed by atoms with Gasteiger partial charge in [0.05, 0.1) is 0 Å². The molecule has 0 saturated carbocycles. The molecule has 96 valence electrons. The Balaban J connectivity index is 0.000000111. The van der Waals surface area contributed by atoms with Crippen LogP contribution in [0, 0.1) is 0 Å². The van der Waals surface area contributed by atoms with E-state index in [2.05, 4.69) is 22.9 Å². The van der Waals surface area contributed by atoms with E-state index in [1.807, 2.05) is 22.7 Å². The molecule has 2 aromatic heterocycles. The largest absolute Gasteiger partial charge is 0.149 e. The lowest BCUT2D eigenvalue weighted by Crippen LogP contribution is -1.96. The first kappa shape index (κ1) is 12.4. The van der Waals surface area contributed by atoms with Gasteiger partial charge in [0, 0.05) is 9.75 Å². The summed E-state index contributed by atoms with van der Waals surface area (Å²) in [5.41, 5.74) is 3.23. The third-order valence-corrected chi connectivity index (χ3v) is 5.92. The first-order valence-corrected chi connectivity index (χ1v) is 8.80. The summed E-state index contributed by atoms with van der Waals surface area (Å²) >= 11 is 3.85. The van der Waals surface area contributed by atoms with Crippen LogP contribution in [0.4, 0.5) is 0 Å². The Morgan fingerprint density at radius 1 is 0.611 bits per heavy atom. The van der Waals surface area contributed by atoms with Crippen LogP contribution in [-0.4, -0.2) is 0 Å². The van der Waals surface area contributed by atoms with E-state index in [-0.39, 0.29) is 0 Å². The maximum atomic E-state index is 2.28. The van der Waals surface area contributed by atoms with Crippen molar-refractivity contribution in [3.8, 4) is 0 Å². The molecular formula is C16H20S2. The van der Waals surface area contributed by atoms with Crippen molar-refractivity contribution in [1.29, 1.82) is 0 Å². The van der Waals surface area contributed by atoms with Crippen molar-refractivity contribution in [3.05, 3.63) is 43.8 Å². The van der Waals surface area contributed by atoms with E-state index in [9.17, 15) is 0 Å². The maximum Gasteiger partial charge on any atom is 0.00772 e. The molecule has 0 spiro atoms. The first-order chi connectivity index (χ1) is 8.93. The van der Waals surface area contributed by atoms with Crippen molar-refractivity contribution >= 4 is 22.7 Å². The SMILES string of the molecule is c1cc2c(s1)CCCC2.c1cc2c(s1)CCCC2. The third-order valence-electron chi connectivity index (χ3n) is 3.88. The van der Waals surface area contributed by atoms with Crippen LogP contribution in [0.2, 0.25) is 0 Å². The second-order valence-electron chi connectivity index (χ2n) is 5.15. The molecule has 0 N–H and O–H groups in total. The van der Waals surface area contributed by atoms with Gasteiger partial charge in [-0.2, -0.15) is 0 Å². The van der Waals surface area contributed by atoms with E-state index in [0.717, 1.165) is 0 Å². The number of aryl methyl sites for hydroxylation is 4. The molecule has 4 rings (SSSR count). The smallest absolute Gasteiger partial charge is 0.00772 e. The maximum absolute atomic E-state index is 2.28. The molecule has 0 fully saturated rings. The van der Waals surface area contributed by atoms with Crippen molar-refractivity contribution in [3.63, 3.8) is 0 Å². The van der Waals surface area contributed by atoms with Gasteiger partial charge in [0.1, 0.15) is 0 Å². The minimum atomic E-state index is 1.33. The lowest BCUT2D eigenvalue weighted by atomic mass is 10.00. The van der Waals surface area contributed by atoms with Gasteiger partial charge in [-0.15, -0.1) is 22.7 Å². The molecule has 0 nitrogen and oxygen atoms in total. The highest BCUT2D eigenvalue weighted by atomic mass is 32.1. The zero-order valence-corrected chi connectivity index (χ0v) is 12.4. The fourth-order valence-electron chi connectivity index (χ4n) is 2.82. The summed E-state index contributed by atoms with van der Waals surface area (Å²) in [6.45, 7) is 0. The summed E-state index contributed by atoms with van der Waals surface area (Å²) in [5, 5.41) is 4.44. The van der Waals surface area contributed by atoms with E-state index < -0.39 is 0 Å². The summed E-state index contributed by atoms with van der Waals surface area (Å²) in [6.07, 6.45) is 11.0. The molecule has 0 aliphatic heterocycles. The summed E-state index contributed by atoms with van der Waals surface area (Å²) in [5.74, 6) is 0. The lowest BCUT2D eigenvalue weighted by Gasteiger charge is -2.08. The van der Waals surface area contributed by atoms with Gasteiger partial charge in [-0.05, 0) is 85.4 Å². The Labute approximate surface area is 118 Å². The Bertz CT molecular complexity index is 405.